The van der Waals surface area contributed by atoms with E-state index in [1.54, 1.807) is 6.92 Å². The van der Waals surface area contributed by atoms with Gasteiger partial charge in [0.2, 0.25) is 11.8 Å². The minimum absolute atomic E-state index is 0.00269. The summed E-state index contributed by atoms with van der Waals surface area (Å²) in [6.45, 7) is 7.71. The molecule has 2 amide bonds. The largest absolute Gasteiger partial charge is 0.462 e. The van der Waals surface area contributed by atoms with E-state index in [4.69, 9.17) is 9.47 Å². The number of aryl methyl sites for hydroxylation is 1. The highest BCUT2D eigenvalue weighted by Gasteiger charge is 2.29. The molecule has 2 aliphatic rings. The van der Waals surface area contributed by atoms with Gasteiger partial charge in [0.15, 0.2) is 0 Å². The van der Waals surface area contributed by atoms with Crippen molar-refractivity contribution in [2.45, 2.75) is 52.4 Å². The van der Waals surface area contributed by atoms with Gasteiger partial charge in [-0.05, 0) is 71.0 Å². The molecule has 9 heteroatoms. The Kier molecular flexibility index (Phi) is 9.50. The van der Waals surface area contributed by atoms with Crippen LogP contribution in [-0.2, 0) is 31.9 Å². The van der Waals surface area contributed by atoms with Crippen LogP contribution in [0.1, 0.15) is 60.3 Å². The molecule has 1 aliphatic heterocycles. The molecule has 1 aliphatic carbocycles. The number of hydrogen-bond acceptors (Lipinski definition) is 7. The van der Waals surface area contributed by atoms with Gasteiger partial charge in [-0.15, -0.1) is 11.3 Å². The second kappa shape index (κ2) is 12.3. The highest BCUT2D eigenvalue weighted by Crippen LogP contribution is 2.39. The van der Waals surface area contributed by atoms with Crippen LogP contribution in [0.2, 0.25) is 0 Å². The average molecular weight is 466 g/mol. The van der Waals surface area contributed by atoms with Crippen LogP contribution < -0.4 is 10.6 Å². The first-order valence-electron chi connectivity index (χ1n) is 11.7. The molecule has 8 nitrogen and oxygen atoms in total. The summed E-state index contributed by atoms with van der Waals surface area (Å²) in [5, 5.41) is 6.55. The van der Waals surface area contributed by atoms with Crippen LogP contribution in [0, 0.1) is 5.92 Å². The lowest BCUT2D eigenvalue weighted by atomic mass is 9.96. The van der Waals surface area contributed by atoms with E-state index in [9.17, 15) is 14.4 Å². The zero-order chi connectivity index (χ0) is 22.9. The third kappa shape index (κ3) is 6.52. The lowest BCUT2D eigenvalue weighted by molar-refractivity contribution is -0.126. The molecule has 0 spiro atoms. The number of rotatable bonds is 11. The van der Waals surface area contributed by atoms with E-state index in [-0.39, 0.29) is 30.2 Å². The molecule has 0 saturated carbocycles. The van der Waals surface area contributed by atoms with Crippen molar-refractivity contribution in [2.24, 2.45) is 5.92 Å². The predicted octanol–water partition coefficient (Wildman–Crippen LogP) is 2.61. The number of hydrogen-bond donors (Lipinski definition) is 2. The van der Waals surface area contributed by atoms with E-state index >= 15 is 0 Å². The monoisotopic (exact) mass is 465 g/mol. The molecule has 178 valence electrons. The molecule has 1 fully saturated rings. The summed E-state index contributed by atoms with van der Waals surface area (Å²) in [4.78, 5) is 40.7. The molecule has 32 heavy (non-hydrogen) atoms. The Balaban J connectivity index is 1.45. The maximum Gasteiger partial charge on any atom is 0.341 e. The lowest BCUT2D eigenvalue weighted by Crippen LogP contribution is -2.43. The van der Waals surface area contributed by atoms with Crippen LogP contribution in [-0.4, -0.2) is 68.7 Å². The minimum atomic E-state index is -0.352. The summed E-state index contributed by atoms with van der Waals surface area (Å²) >= 11 is 1.50. The standard InChI is InChI=1S/C23H35N3O5S/c1-3-30-14-6-11-24-21(28)16-9-12-26(13-10-16)15-19(27)25-22-20(23(29)31-4-2)17-7-5-8-18(17)32-22/h16H,3-15H2,1-2H3,(H,24,28)(H,25,27). The Bertz CT molecular complexity index is 802. The summed E-state index contributed by atoms with van der Waals surface area (Å²) in [7, 11) is 0. The van der Waals surface area contributed by atoms with Gasteiger partial charge >= 0.3 is 5.97 Å². The molecule has 1 saturated heterocycles. The van der Waals surface area contributed by atoms with Gasteiger partial charge in [0.25, 0.3) is 0 Å². The quantitative estimate of drug-likeness (QED) is 0.385. The van der Waals surface area contributed by atoms with Gasteiger partial charge in [-0.3, -0.25) is 14.5 Å². The van der Waals surface area contributed by atoms with Gasteiger partial charge in [-0.2, -0.15) is 0 Å². The molecule has 2 heterocycles. The van der Waals surface area contributed by atoms with Gasteiger partial charge in [0.05, 0.1) is 18.7 Å². The van der Waals surface area contributed by atoms with E-state index in [1.807, 2.05) is 6.92 Å². The summed E-state index contributed by atoms with van der Waals surface area (Å²) in [5.41, 5.74) is 1.58. The van der Waals surface area contributed by atoms with E-state index in [0.717, 1.165) is 44.1 Å². The molecule has 0 unspecified atom stereocenters. The maximum absolute atomic E-state index is 12.7. The summed E-state index contributed by atoms with van der Waals surface area (Å²) in [6.07, 6.45) is 5.15. The van der Waals surface area contributed by atoms with Gasteiger partial charge in [-0.25, -0.2) is 4.79 Å². The lowest BCUT2D eigenvalue weighted by Gasteiger charge is -2.30. The third-order valence-corrected chi connectivity index (χ3v) is 7.16. The Hall–Kier alpha value is -1.97. The number of fused-ring (bicyclic) bond motifs is 1. The number of likely N-dealkylation sites (tertiary alicyclic amines) is 1. The minimum Gasteiger partial charge on any atom is -0.462 e. The first-order valence-corrected chi connectivity index (χ1v) is 12.5. The van der Waals surface area contributed by atoms with Crippen LogP contribution in [0.25, 0.3) is 0 Å². The van der Waals surface area contributed by atoms with Gasteiger partial charge < -0.3 is 20.1 Å². The maximum atomic E-state index is 12.7. The zero-order valence-electron chi connectivity index (χ0n) is 19.2. The normalized spacial score (nSPS) is 16.6. The summed E-state index contributed by atoms with van der Waals surface area (Å²) < 4.78 is 10.5. The molecule has 0 radical (unpaired) electrons. The Labute approximate surface area is 194 Å². The number of nitrogens with one attached hydrogen (secondary N) is 2. The Morgan fingerprint density at radius 3 is 2.62 bits per heavy atom. The van der Waals surface area contributed by atoms with Gasteiger partial charge in [-0.1, -0.05) is 0 Å². The molecule has 3 rings (SSSR count). The number of amides is 2. The second-order valence-corrected chi connectivity index (χ2v) is 9.33. The second-order valence-electron chi connectivity index (χ2n) is 8.22. The molecule has 0 aromatic carbocycles. The van der Waals surface area contributed by atoms with Crippen molar-refractivity contribution in [3.63, 3.8) is 0 Å². The highest BCUT2D eigenvalue weighted by atomic mass is 32.1. The van der Waals surface area contributed by atoms with Crippen molar-refractivity contribution in [1.29, 1.82) is 0 Å². The van der Waals surface area contributed by atoms with Crippen LogP contribution in [0.5, 0.6) is 0 Å². The van der Waals surface area contributed by atoms with Crippen molar-refractivity contribution in [2.75, 3.05) is 51.3 Å². The number of thiophene rings is 1. The van der Waals surface area contributed by atoms with Crippen LogP contribution in [0.3, 0.4) is 0 Å². The van der Waals surface area contributed by atoms with E-state index < -0.39 is 0 Å². The fraction of sp³-hybridized carbons (Fsp3) is 0.696. The number of ether oxygens (including phenoxy) is 2. The van der Waals surface area contributed by atoms with Crippen molar-refractivity contribution in [3.05, 3.63) is 16.0 Å². The van der Waals surface area contributed by atoms with Gasteiger partial charge in [0, 0.05) is 30.6 Å². The van der Waals surface area contributed by atoms with Crippen molar-refractivity contribution >= 4 is 34.1 Å². The van der Waals surface area contributed by atoms with Crippen molar-refractivity contribution in [1.82, 2.24) is 10.2 Å². The number of esters is 1. The SMILES string of the molecule is CCOCCCNC(=O)C1CCN(CC(=O)Nc2sc3c(c2C(=O)OCC)CCC3)CC1. The molecule has 1 aromatic heterocycles. The summed E-state index contributed by atoms with van der Waals surface area (Å²) in [5.74, 6) is -0.389. The molecule has 0 bridgehead atoms. The van der Waals surface area contributed by atoms with E-state index in [1.165, 1.54) is 16.2 Å². The van der Waals surface area contributed by atoms with Gasteiger partial charge in [0.1, 0.15) is 5.00 Å². The van der Waals surface area contributed by atoms with Crippen LogP contribution in [0.4, 0.5) is 5.00 Å². The summed E-state index contributed by atoms with van der Waals surface area (Å²) in [6, 6.07) is 0. The number of carbonyl (C=O) groups excluding carboxylic acids is 3. The topological polar surface area (TPSA) is 97.0 Å². The molecule has 0 atom stereocenters. The number of anilines is 1. The molecular formula is C23H35N3O5S. The number of nitrogens with zero attached hydrogens (tertiary/aromatic N) is 1. The third-order valence-electron chi connectivity index (χ3n) is 5.95. The highest BCUT2D eigenvalue weighted by molar-refractivity contribution is 7.17. The fourth-order valence-corrected chi connectivity index (χ4v) is 5.60. The first-order chi connectivity index (χ1) is 15.5. The van der Waals surface area contributed by atoms with Crippen molar-refractivity contribution < 1.29 is 23.9 Å². The molecular weight excluding hydrogens is 430 g/mol. The Morgan fingerprint density at radius 1 is 1.12 bits per heavy atom. The predicted molar refractivity (Wildman–Crippen MR) is 124 cm³/mol. The fourth-order valence-electron chi connectivity index (χ4n) is 4.31. The van der Waals surface area contributed by atoms with E-state index in [0.29, 0.717) is 50.0 Å². The molecule has 2 N–H and O–H groups in total. The Morgan fingerprint density at radius 2 is 1.91 bits per heavy atom. The average Bonchev–Trinajstić information content (AvgIpc) is 3.34. The first kappa shape index (κ1) is 24.7. The molecule has 1 aromatic rings. The van der Waals surface area contributed by atoms with E-state index in [2.05, 4.69) is 15.5 Å². The smallest absolute Gasteiger partial charge is 0.341 e. The number of piperidine rings is 1. The van der Waals surface area contributed by atoms with Crippen LogP contribution >= 0.6 is 11.3 Å². The zero-order valence-corrected chi connectivity index (χ0v) is 20.0. The van der Waals surface area contributed by atoms with Crippen molar-refractivity contribution in [3.8, 4) is 0 Å². The van der Waals surface area contributed by atoms with Crippen LogP contribution in [0.15, 0.2) is 0 Å². The number of carbonyl (C=O) groups is 3.